The Bertz CT molecular complexity index is 1160. The zero-order chi connectivity index (χ0) is 47.7. The maximum Gasteiger partial charge on any atom is 0.362 e. The van der Waals surface area contributed by atoms with Gasteiger partial charge in [0.05, 0.1) is 34.4 Å². The lowest BCUT2D eigenvalue weighted by atomic mass is 10.1. The molecule has 0 aliphatic rings. The van der Waals surface area contributed by atoms with Crippen LogP contribution in [-0.4, -0.2) is 80.6 Å². The van der Waals surface area contributed by atoms with Crippen molar-refractivity contribution in [2.75, 3.05) is 41.0 Å². The summed E-state index contributed by atoms with van der Waals surface area (Å²) in [7, 11) is 5.54. The van der Waals surface area contributed by atoms with Gasteiger partial charge in [0.25, 0.3) is 0 Å². The molecule has 0 rings (SSSR count). The molecule has 0 heterocycles. The van der Waals surface area contributed by atoms with Gasteiger partial charge >= 0.3 is 17.9 Å². The van der Waals surface area contributed by atoms with Crippen molar-refractivity contribution in [3.8, 4) is 0 Å². The number of carbonyl (C=O) groups is 3. The van der Waals surface area contributed by atoms with E-state index in [2.05, 4.69) is 50.3 Å². The lowest BCUT2D eigenvalue weighted by Crippen LogP contribution is -2.50. The van der Waals surface area contributed by atoms with Crippen LogP contribution in [0.2, 0.25) is 0 Å². The van der Waals surface area contributed by atoms with Crippen LogP contribution in [0.25, 0.3) is 0 Å². The predicted octanol–water partition coefficient (Wildman–Crippen LogP) is 16.1. The van der Waals surface area contributed by atoms with E-state index in [0.29, 0.717) is 19.3 Å². The fourth-order valence-corrected chi connectivity index (χ4v) is 8.24. The molecule has 2 atom stereocenters. The number of nitrogens with zero attached hydrogens (tertiary/aromatic N) is 1. The van der Waals surface area contributed by atoms with Gasteiger partial charge in [-0.3, -0.25) is 9.59 Å². The summed E-state index contributed by atoms with van der Waals surface area (Å²) in [4.78, 5) is 37.2. The number of likely N-dealkylation sites (N-methyl/N-ethyl adjacent to an activating group) is 1. The fraction of sp³-hybridized carbons (Fsp3) is 0.842. The zero-order valence-corrected chi connectivity index (χ0v) is 43.5. The average Bonchev–Trinajstić information content (AvgIpc) is 3.27. The minimum Gasteiger partial charge on any atom is -0.477 e. The van der Waals surface area contributed by atoms with Crippen molar-refractivity contribution in [3.63, 3.8) is 0 Å². The fourth-order valence-electron chi connectivity index (χ4n) is 8.24. The first-order chi connectivity index (χ1) is 31.6. The van der Waals surface area contributed by atoms with Gasteiger partial charge in [0.2, 0.25) is 0 Å². The number of carboxylic acid groups (broad SMARTS) is 1. The second-order valence-corrected chi connectivity index (χ2v) is 19.8. The van der Waals surface area contributed by atoms with Gasteiger partial charge in [-0.15, -0.1) is 0 Å². The summed E-state index contributed by atoms with van der Waals surface area (Å²) in [5.41, 5.74) is 0. The standard InChI is InChI=1S/C57H105NO7/c1-6-8-10-12-14-16-18-20-22-24-26-27-28-29-30-32-33-35-37-39-41-43-45-47-55(59)64-52-53(51-63-50-49-54(57(61)62)58(3,4)5)65-56(60)48-46-44-42-40-38-36-34-31-25-23-21-19-17-15-13-11-9-7-2/h26-27,29-31,34,53-54H,6-25,28,32-33,35-52H2,1-5H3/p+1/b27-26+,30-29+,34-31+. The zero-order valence-electron chi connectivity index (χ0n) is 43.5. The smallest absolute Gasteiger partial charge is 0.362 e. The molecule has 0 aliphatic carbocycles. The Morgan fingerprint density at radius 3 is 1.20 bits per heavy atom. The number of aliphatic carboxylic acids is 1. The average molecular weight is 917 g/mol. The molecule has 0 bridgehead atoms. The molecule has 1 N–H and O–H groups in total. The van der Waals surface area contributed by atoms with Crippen LogP contribution in [0.1, 0.15) is 258 Å². The molecule has 2 unspecified atom stereocenters. The van der Waals surface area contributed by atoms with E-state index < -0.39 is 18.1 Å². The van der Waals surface area contributed by atoms with Gasteiger partial charge in [0.1, 0.15) is 6.61 Å². The van der Waals surface area contributed by atoms with E-state index in [1.165, 1.54) is 161 Å². The minimum absolute atomic E-state index is 0.0565. The van der Waals surface area contributed by atoms with Gasteiger partial charge < -0.3 is 23.8 Å². The van der Waals surface area contributed by atoms with Crippen LogP contribution in [0.3, 0.4) is 0 Å². The van der Waals surface area contributed by atoms with Gasteiger partial charge in [-0.05, 0) is 70.6 Å². The first kappa shape index (κ1) is 62.5. The molecule has 0 radical (unpaired) electrons. The summed E-state index contributed by atoms with van der Waals surface area (Å²) in [6, 6.07) is -0.618. The molecule has 0 spiro atoms. The summed E-state index contributed by atoms with van der Waals surface area (Å²) in [6.45, 7) is 4.76. The lowest BCUT2D eigenvalue weighted by molar-refractivity contribution is -0.887. The summed E-state index contributed by atoms with van der Waals surface area (Å²) in [5.74, 6) is -1.47. The van der Waals surface area contributed by atoms with Crippen molar-refractivity contribution < 1.29 is 38.2 Å². The van der Waals surface area contributed by atoms with Crippen molar-refractivity contribution in [2.24, 2.45) is 0 Å². The molecule has 0 aromatic rings. The molecule has 0 saturated heterocycles. The highest BCUT2D eigenvalue weighted by Crippen LogP contribution is 2.15. The number of rotatable bonds is 50. The molecule has 0 aromatic heterocycles. The monoisotopic (exact) mass is 917 g/mol. The Kier molecular flexibility index (Phi) is 46.2. The number of unbranched alkanes of at least 4 members (excludes halogenated alkanes) is 30. The molecule has 8 nitrogen and oxygen atoms in total. The summed E-state index contributed by atoms with van der Waals surface area (Å²) < 4.78 is 17.4. The molecule has 65 heavy (non-hydrogen) atoms. The number of carbonyl (C=O) groups excluding carboxylic acids is 2. The normalized spacial score (nSPS) is 13.1. The second kappa shape index (κ2) is 48.0. The molecule has 380 valence electrons. The highest BCUT2D eigenvalue weighted by molar-refractivity contribution is 5.72. The Balaban J connectivity index is 4.21. The first-order valence-electron chi connectivity index (χ1n) is 27.5. The van der Waals surface area contributed by atoms with Gasteiger partial charge in [-0.2, -0.15) is 0 Å². The van der Waals surface area contributed by atoms with Gasteiger partial charge in [0.15, 0.2) is 12.1 Å². The van der Waals surface area contributed by atoms with Crippen molar-refractivity contribution in [2.45, 2.75) is 270 Å². The van der Waals surface area contributed by atoms with E-state index >= 15 is 0 Å². The van der Waals surface area contributed by atoms with Gasteiger partial charge in [0, 0.05) is 19.3 Å². The molecular weight excluding hydrogens is 811 g/mol. The number of quaternary nitrogens is 1. The SMILES string of the molecule is CCCCCCCCCCC/C=C/C/C=C/CCCCCCCCCC(=O)OCC(COCCC(C(=O)O)[N+](C)(C)C)OC(=O)CCCCCCC/C=C/CCCCCCCCCCC. The maximum atomic E-state index is 12.8. The van der Waals surface area contributed by atoms with Crippen molar-refractivity contribution in [1.29, 1.82) is 0 Å². The third-order valence-electron chi connectivity index (χ3n) is 12.5. The lowest BCUT2D eigenvalue weighted by Gasteiger charge is -2.31. The van der Waals surface area contributed by atoms with Crippen molar-refractivity contribution in [3.05, 3.63) is 36.5 Å². The molecule has 0 aliphatic heterocycles. The Morgan fingerprint density at radius 2 is 0.815 bits per heavy atom. The van der Waals surface area contributed by atoms with Crippen LogP contribution in [0.4, 0.5) is 0 Å². The van der Waals surface area contributed by atoms with Crippen LogP contribution >= 0.6 is 0 Å². The van der Waals surface area contributed by atoms with Crippen LogP contribution in [-0.2, 0) is 28.6 Å². The van der Waals surface area contributed by atoms with Crippen molar-refractivity contribution in [1.82, 2.24) is 0 Å². The number of esters is 2. The number of allylic oxidation sites excluding steroid dienone is 6. The number of hydrogen-bond donors (Lipinski definition) is 1. The van der Waals surface area contributed by atoms with E-state index in [4.69, 9.17) is 14.2 Å². The molecule has 0 aromatic carbocycles. The summed E-state index contributed by atoms with van der Waals surface area (Å²) >= 11 is 0. The van der Waals surface area contributed by atoms with E-state index in [9.17, 15) is 19.5 Å². The quantitative estimate of drug-likeness (QED) is 0.0281. The largest absolute Gasteiger partial charge is 0.477 e. The Morgan fingerprint density at radius 1 is 0.462 bits per heavy atom. The molecule has 0 fully saturated rings. The predicted molar refractivity (Wildman–Crippen MR) is 275 cm³/mol. The molecular formula is C57H106NO7+. The van der Waals surface area contributed by atoms with E-state index in [1.807, 2.05) is 21.1 Å². The van der Waals surface area contributed by atoms with Gasteiger partial charge in [-0.25, -0.2) is 4.79 Å². The van der Waals surface area contributed by atoms with Crippen LogP contribution in [0.15, 0.2) is 36.5 Å². The summed E-state index contributed by atoms with van der Waals surface area (Å²) in [5, 5.41) is 9.66. The molecule has 0 saturated carbocycles. The number of carboxylic acids is 1. The van der Waals surface area contributed by atoms with E-state index in [0.717, 1.165) is 64.2 Å². The first-order valence-corrected chi connectivity index (χ1v) is 27.5. The van der Waals surface area contributed by atoms with Gasteiger partial charge in [-0.1, -0.05) is 204 Å². The van der Waals surface area contributed by atoms with E-state index in [-0.39, 0.29) is 36.2 Å². The second-order valence-electron chi connectivity index (χ2n) is 19.8. The van der Waals surface area contributed by atoms with E-state index in [1.54, 1.807) is 0 Å². The van der Waals surface area contributed by atoms with Crippen LogP contribution in [0.5, 0.6) is 0 Å². The number of ether oxygens (including phenoxy) is 3. The molecule has 0 amide bonds. The third kappa shape index (κ3) is 46.4. The third-order valence-corrected chi connectivity index (χ3v) is 12.5. The minimum atomic E-state index is -0.875. The summed E-state index contributed by atoms with van der Waals surface area (Å²) in [6.07, 6.45) is 57.7. The topological polar surface area (TPSA) is 99.1 Å². The number of hydrogen-bond acceptors (Lipinski definition) is 6. The van der Waals surface area contributed by atoms with Crippen LogP contribution < -0.4 is 0 Å². The van der Waals surface area contributed by atoms with Crippen molar-refractivity contribution >= 4 is 17.9 Å². The maximum absolute atomic E-state index is 12.8. The van der Waals surface area contributed by atoms with Crippen LogP contribution in [0, 0.1) is 0 Å². The Labute approximate surface area is 402 Å². The molecule has 8 heteroatoms. The Hall–Kier alpha value is -2.45. The highest BCUT2D eigenvalue weighted by atomic mass is 16.6. The highest BCUT2D eigenvalue weighted by Gasteiger charge is 2.31.